The van der Waals surface area contributed by atoms with E-state index in [-0.39, 0.29) is 13.0 Å². The molecule has 0 fully saturated rings. The van der Waals surface area contributed by atoms with Crippen molar-refractivity contribution in [1.82, 2.24) is 0 Å². The Morgan fingerprint density at radius 1 is 0.935 bits per heavy atom. The van der Waals surface area contributed by atoms with Crippen LogP contribution < -0.4 is 9.47 Å². The molecule has 2 aromatic rings. The van der Waals surface area contributed by atoms with Gasteiger partial charge in [-0.2, -0.15) is 13.2 Å². The molecule has 0 radical (unpaired) electrons. The normalized spacial score (nSPS) is 11.4. The van der Waals surface area contributed by atoms with Crippen LogP contribution in [0.3, 0.4) is 0 Å². The standard InChI is InChI=1S/C23H23F3O5/c1-2-29-21(27)14-7-17-5-8-18(9-6-17)22(28)31-20-12-10-19(11-13-20)30-16-4-3-15-23(24,25)26/h5-14H,2-4,15-16H2,1H3/b14-7+. The maximum absolute atomic E-state index is 12.2. The van der Waals surface area contributed by atoms with Gasteiger partial charge in [0.2, 0.25) is 0 Å². The minimum absolute atomic E-state index is 0.0105. The third-order valence-corrected chi connectivity index (χ3v) is 4.00. The van der Waals surface area contributed by atoms with Crippen molar-refractivity contribution in [2.45, 2.75) is 32.4 Å². The average molecular weight is 436 g/mol. The van der Waals surface area contributed by atoms with Crippen LogP contribution in [0.2, 0.25) is 0 Å². The van der Waals surface area contributed by atoms with Crippen molar-refractivity contribution in [3.05, 3.63) is 65.7 Å². The maximum atomic E-state index is 12.2. The first-order valence-corrected chi connectivity index (χ1v) is 9.73. The van der Waals surface area contributed by atoms with Crippen LogP contribution >= 0.6 is 0 Å². The van der Waals surface area contributed by atoms with Gasteiger partial charge in [-0.05, 0) is 67.8 Å². The highest BCUT2D eigenvalue weighted by Crippen LogP contribution is 2.23. The number of hydrogen-bond acceptors (Lipinski definition) is 5. The fraction of sp³-hybridized carbons (Fsp3) is 0.304. The van der Waals surface area contributed by atoms with Crippen LogP contribution in [0.1, 0.15) is 42.1 Å². The van der Waals surface area contributed by atoms with Gasteiger partial charge in [0.05, 0.1) is 18.8 Å². The number of rotatable bonds is 10. The van der Waals surface area contributed by atoms with Gasteiger partial charge in [0, 0.05) is 12.5 Å². The molecule has 5 nitrogen and oxygen atoms in total. The molecule has 0 unspecified atom stereocenters. The van der Waals surface area contributed by atoms with Crippen LogP contribution in [-0.2, 0) is 9.53 Å². The fourth-order valence-corrected chi connectivity index (χ4v) is 2.47. The zero-order valence-corrected chi connectivity index (χ0v) is 17.0. The van der Waals surface area contributed by atoms with Crippen LogP contribution in [0.5, 0.6) is 11.5 Å². The molecule has 8 heteroatoms. The van der Waals surface area contributed by atoms with E-state index in [0.29, 0.717) is 30.1 Å². The minimum atomic E-state index is -4.15. The van der Waals surface area contributed by atoms with Crippen molar-refractivity contribution in [2.24, 2.45) is 0 Å². The Bertz CT molecular complexity index is 872. The molecular weight excluding hydrogens is 413 g/mol. The molecule has 0 aliphatic heterocycles. The summed E-state index contributed by atoms with van der Waals surface area (Å²) < 4.78 is 51.7. The fourth-order valence-electron chi connectivity index (χ4n) is 2.47. The molecule has 0 aliphatic carbocycles. The van der Waals surface area contributed by atoms with E-state index in [9.17, 15) is 22.8 Å². The molecule has 0 saturated heterocycles. The van der Waals surface area contributed by atoms with E-state index < -0.39 is 24.5 Å². The number of carbonyl (C=O) groups excluding carboxylic acids is 2. The van der Waals surface area contributed by atoms with E-state index in [0.717, 1.165) is 5.56 Å². The summed E-state index contributed by atoms with van der Waals surface area (Å²) in [5.41, 5.74) is 1.06. The van der Waals surface area contributed by atoms with E-state index >= 15 is 0 Å². The van der Waals surface area contributed by atoms with E-state index in [1.54, 1.807) is 61.5 Å². The van der Waals surface area contributed by atoms with Gasteiger partial charge < -0.3 is 14.2 Å². The SMILES string of the molecule is CCOC(=O)/C=C/c1ccc(C(=O)Oc2ccc(OCCCCC(F)(F)F)cc2)cc1. The predicted octanol–water partition coefficient (Wildman–Crippen LogP) is 5.59. The van der Waals surface area contributed by atoms with Gasteiger partial charge in [-0.25, -0.2) is 9.59 Å². The zero-order valence-electron chi connectivity index (χ0n) is 17.0. The lowest BCUT2D eigenvalue weighted by Crippen LogP contribution is -2.08. The molecule has 0 amide bonds. The molecule has 0 heterocycles. The number of carbonyl (C=O) groups is 2. The quantitative estimate of drug-likeness (QED) is 0.210. The summed E-state index contributed by atoms with van der Waals surface area (Å²) in [7, 11) is 0. The molecule has 0 aliphatic rings. The van der Waals surface area contributed by atoms with E-state index in [1.807, 2.05) is 0 Å². The Balaban J connectivity index is 1.80. The smallest absolute Gasteiger partial charge is 0.389 e. The summed E-state index contributed by atoms with van der Waals surface area (Å²) in [6.45, 7) is 2.19. The Labute approximate surface area is 178 Å². The van der Waals surface area contributed by atoms with Crippen molar-refractivity contribution in [3.63, 3.8) is 0 Å². The number of esters is 2. The summed E-state index contributed by atoms with van der Waals surface area (Å²) in [6, 6.07) is 12.7. The molecule has 0 spiro atoms. The Kier molecular flexibility index (Phi) is 9.12. The largest absolute Gasteiger partial charge is 0.494 e. The van der Waals surface area contributed by atoms with Gasteiger partial charge in [-0.15, -0.1) is 0 Å². The van der Waals surface area contributed by atoms with Crippen molar-refractivity contribution < 1.29 is 37.0 Å². The van der Waals surface area contributed by atoms with Crippen molar-refractivity contribution >= 4 is 18.0 Å². The zero-order chi connectivity index (χ0) is 22.7. The molecule has 2 rings (SSSR count). The van der Waals surface area contributed by atoms with Gasteiger partial charge in [-0.3, -0.25) is 0 Å². The van der Waals surface area contributed by atoms with Gasteiger partial charge in [-0.1, -0.05) is 12.1 Å². The van der Waals surface area contributed by atoms with Crippen molar-refractivity contribution in [1.29, 1.82) is 0 Å². The van der Waals surface area contributed by atoms with Crippen LogP contribution in [0, 0.1) is 0 Å². The first-order valence-electron chi connectivity index (χ1n) is 9.73. The Morgan fingerprint density at radius 2 is 1.58 bits per heavy atom. The van der Waals surface area contributed by atoms with Crippen LogP contribution in [0.25, 0.3) is 6.08 Å². The molecule has 0 saturated carbocycles. The molecule has 0 atom stereocenters. The third kappa shape index (κ3) is 9.37. The second kappa shape index (κ2) is 11.8. The lowest BCUT2D eigenvalue weighted by atomic mass is 10.1. The first kappa shape index (κ1) is 24.0. The highest BCUT2D eigenvalue weighted by Gasteiger charge is 2.25. The van der Waals surface area contributed by atoms with Gasteiger partial charge in [0.1, 0.15) is 11.5 Å². The highest BCUT2D eigenvalue weighted by atomic mass is 19.4. The molecule has 2 aromatic carbocycles. The topological polar surface area (TPSA) is 61.8 Å². The van der Waals surface area contributed by atoms with E-state index in [2.05, 4.69) is 0 Å². The van der Waals surface area contributed by atoms with E-state index in [1.165, 1.54) is 6.08 Å². The van der Waals surface area contributed by atoms with Gasteiger partial charge in [0.25, 0.3) is 0 Å². The summed E-state index contributed by atoms with van der Waals surface area (Å²) >= 11 is 0. The Morgan fingerprint density at radius 3 is 2.19 bits per heavy atom. The van der Waals surface area contributed by atoms with Gasteiger partial charge >= 0.3 is 18.1 Å². The minimum Gasteiger partial charge on any atom is -0.494 e. The molecule has 0 N–H and O–H groups in total. The molecule has 0 aromatic heterocycles. The number of hydrogen-bond donors (Lipinski definition) is 0. The van der Waals surface area contributed by atoms with E-state index in [4.69, 9.17) is 14.2 Å². The highest BCUT2D eigenvalue weighted by molar-refractivity contribution is 5.91. The number of halogens is 3. The predicted molar refractivity (Wildman–Crippen MR) is 109 cm³/mol. The second-order valence-corrected chi connectivity index (χ2v) is 6.49. The lowest BCUT2D eigenvalue weighted by Gasteiger charge is -2.09. The van der Waals surface area contributed by atoms with Crippen molar-refractivity contribution in [3.8, 4) is 11.5 Å². The number of unbranched alkanes of at least 4 members (excludes halogenated alkanes) is 1. The van der Waals surface area contributed by atoms with Crippen molar-refractivity contribution in [2.75, 3.05) is 13.2 Å². The average Bonchev–Trinajstić information content (AvgIpc) is 2.73. The third-order valence-electron chi connectivity index (χ3n) is 4.00. The Hall–Kier alpha value is -3.29. The number of alkyl halides is 3. The van der Waals surface area contributed by atoms with Crippen LogP contribution in [-0.4, -0.2) is 31.3 Å². The summed E-state index contributed by atoms with van der Waals surface area (Å²) in [6.07, 6.45) is -1.79. The molecule has 31 heavy (non-hydrogen) atoms. The second-order valence-electron chi connectivity index (χ2n) is 6.49. The monoisotopic (exact) mass is 436 g/mol. The summed E-state index contributed by atoms with van der Waals surface area (Å²) in [5.74, 6) is -0.216. The summed E-state index contributed by atoms with van der Waals surface area (Å²) in [4.78, 5) is 23.6. The van der Waals surface area contributed by atoms with Crippen LogP contribution in [0.4, 0.5) is 13.2 Å². The number of ether oxygens (including phenoxy) is 3. The number of benzene rings is 2. The summed E-state index contributed by atoms with van der Waals surface area (Å²) in [5, 5.41) is 0. The van der Waals surface area contributed by atoms with Crippen LogP contribution in [0.15, 0.2) is 54.6 Å². The maximum Gasteiger partial charge on any atom is 0.389 e. The molecule has 0 bridgehead atoms. The van der Waals surface area contributed by atoms with Gasteiger partial charge in [0.15, 0.2) is 0 Å². The molecule has 166 valence electrons. The lowest BCUT2D eigenvalue weighted by molar-refractivity contribution is -0.137. The first-order chi connectivity index (χ1) is 14.8. The molecular formula is C23H23F3O5.